The van der Waals surface area contributed by atoms with Gasteiger partial charge in [-0.25, -0.2) is 4.39 Å². The first-order valence-electron chi connectivity index (χ1n) is 5.01. The number of allylic oxidation sites excluding steroid dienone is 1. The molecular weight excluding hydrogens is 203 g/mol. The summed E-state index contributed by atoms with van der Waals surface area (Å²) in [6, 6.07) is 10.8. The van der Waals surface area contributed by atoms with Crippen molar-refractivity contribution in [1.82, 2.24) is 10.2 Å². The lowest BCUT2D eigenvalue weighted by Crippen LogP contribution is -1.86. The summed E-state index contributed by atoms with van der Waals surface area (Å²) in [6.45, 7) is 1.67. The summed E-state index contributed by atoms with van der Waals surface area (Å²) >= 11 is 0. The Bertz CT molecular complexity index is 489. The average Bonchev–Trinajstić information content (AvgIpc) is 2.39. The maximum atomic E-state index is 13.2. The predicted octanol–water partition coefficient (Wildman–Crippen LogP) is 3.47. The van der Waals surface area contributed by atoms with Gasteiger partial charge in [-0.3, -0.25) is 0 Å². The molecule has 0 spiro atoms. The molecule has 0 saturated heterocycles. The van der Waals surface area contributed by atoms with Gasteiger partial charge in [0.05, 0.1) is 5.69 Å². The molecule has 0 aliphatic rings. The van der Waals surface area contributed by atoms with Crippen molar-refractivity contribution in [2.45, 2.75) is 6.92 Å². The second kappa shape index (κ2) is 4.66. The van der Waals surface area contributed by atoms with Crippen molar-refractivity contribution in [2.75, 3.05) is 0 Å². The van der Waals surface area contributed by atoms with Gasteiger partial charge in [0, 0.05) is 17.3 Å². The quantitative estimate of drug-likeness (QED) is 0.764. The fraction of sp³-hybridized carbons (Fsp3) is 0.0769. The molecule has 1 heterocycles. The summed E-state index contributed by atoms with van der Waals surface area (Å²) in [7, 11) is 0. The molecule has 80 valence electrons. The molecule has 0 aliphatic heterocycles. The van der Waals surface area contributed by atoms with Crippen molar-refractivity contribution in [2.24, 2.45) is 0 Å². The van der Waals surface area contributed by atoms with E-state index in [0.717, 1.165) is 11.3 Å². The lowest BCUT2D eigenvalue weighted by atomic mass is 10.1. The van der Waals surface area contributed by atoms with E-state index in [2.05, 4.69) is 10.2 Å². The van der Waals surface area contributed by atoms with Crippen LogP contribution in [-0.4, -0.2) is 10.2 Å². The van der Waals surface area contributed by atoms with E-state index in [1.165, 1.54) is 6.08 Å². The van der Waals surface area contributed by atoms with Crippen molar-refractivity contribution in [1.29, 1.82) is 0 Å². The molecule has 0 N–H and O–H groups in total. The van der Waals surface area contributed by atoms with Crippen molar-refractivity contribution < 1.29 is 4.39 Å². The third-order valence-corrected chi connectivity index (χ3v) is 2.28. The zero-order valence-electron chi connectivity index (χ0n) is 8.89. The first kappa shape index (κ1) is 10.5. The van der Waals surface area contributed by atoms with Crippen LogP contribution in [0.1, 0.15) is 12.5 Å². The van der Waals surface area contributed by atoms with Crippen LogP contribution in [0.25, 0.3) is 17.1 Å². The topological polar surface area (TPSA) is 25.8 Å². The summed E-state index contributed by atoms with van der Waals surface area (Å²) in [5.41, 5.74) is 2.30. The zero-order chi connectivity index (χ0) is 11.4. The number of nitrogens with zero attached hydrogens (tertiary/aromatic N) is 2. The van der Waals surface area contributed by atoms with Crippen LogP contribution in [0.4, 0.5) is 4.39 Å². The Balaban J connectivity index is 2.34. The molecular formula is C13H11FN2. The maximum absolute atomic E-state index is 13.2. The fourth-order valence-electron chi connectivity index (χ4n) is 1.42. The van der Waals surface area contributed by atoms with Crippen LogP contribution in [0.15, 0.2) is 48.7 Å². The molecule has 3 heteroatoms. The van der Waals surface area contributed by atoms with Crippen molar-refractivity contribution in [3.63, 3.8) is 0 Å². The summed E-state index contributed by atoms with van der Waals surface area (Å²) in [6.07, 6.45) is 3.06. The second-order valence-electron chi connectivity index (χ2n) is 3.32. The number of aromatic nitrogens is 2. The normalized spacial score (nSPS) is 11.5. The van der Waals surface area contributed by atoms with Crippen molar-refractivity contribution in [3.8, 4) is 11.3 Å². The molecule has 1 aromatic heterocycles. The molecule has 2 rings (SSSR count). The summed E-state index contributed by atoms with van der Waals surface area (Å²) in [5, 5.41) is 7.78. The Morgan fingerprint density at radius 2 is 1.94 bits per heavy atom. The lowest BCUT2D eigenvalue weighted by molar-refractivity contribution is 0.758. The van der Waals surface area contributed by atoms with Gasteiger partial charge in [-0.05, 0) is 19.1 Å². The van der Waals surface area contributed by atoms with E-state index >= 15 is 0 Å². The Morgan fingerprint density at radius 3 is 2.50 bits per heavy atom. The van der Waals surface area contributed by atoms with E-state index in [4.69, 9.17) is 0 Å². The predicted molar refractivity (Wildman–Crippen MR) is 62.2 cm³/mol. The third kappa shape index (κ3) is 2.14. The molecule has 2 aromatic rings. The zero-order valence-corrected chi connectivity index (χ0v) is 8.89. The van der Waals surface area contributed by atoms with Crippen LogP contribution < -0.4 is 0 Å². The maximum Gasteiger partial charge on any atom is 0.126 e. The highest BCUT2D eigenvalue weighted by atomic mass is 19.1. The van der Waals surface area contributed by atoms with Gasteiger partial charge in [-0.1, -0.05) is 30.3 Å². The first-order chi connectivity index (χ1) is 7.81. The van der Waals surface area contributed by atoms with Crippen LogP contribution in [0.5, 0.6) is 0 Å². The number of rotatable bonds is 2. The van der Waals surface area contributed by atoms with Crippen LogP contribution >= 0.6 is 0 Å². The van der Waals surface area contributed by atoms with Gasteiger partial charge in [-0.2, -0.15) is 10.2 Å². The number of benzene rings is 1. The molecule has 0 atom stereocenters. The fourth-order valence-corrected chi connectivity index (χ4v) is 1.42. The minimum Gasteiger partial charge on any atom is -0.207 e. The van der Waals surface area contributed by atoms with Crippen LogP contribution in [-0.2, 0) is 0 Å². The Kier molecular flexibility index (Phi) is 3.05. The SMILES string of the molecule is C/C=C(\F)c1ccc(-c2cccnn2)cc1. The van der Waals surface area contributed by atoms with Crippen LogP contribution in [0, 0.1) is 0 Å². The van der Waals surface area contributed by atoms with E-state index in [9.17, 15) is 4.39 Å². The molecule has 0 unspecified atom stereocenters. The van der Waals surface area contributed by atoms with Gasteiger partial charge in [-0.15, -0.1) is 0 Å². The highest BCUT2D eigenvalue weighted by Crippen LogP contribution is 2.20. The molecule has 1 aromatic carbocycles. The monoisotopic (exact) mass is 214 g/mol. The second-order valence-corrected chi connectivity index (χ2v) is 3.32. The number of hydrogen-bond donors (Lipinski definition) is 0. The number of halogens is 1. The van der Waals surface area contributed by atoms with Gasteiger partial charge in [0.15, 0.2) is 0 Å². The standard InChI is InChI=1S/C13H11FN2/c1-2-12(14)10-5-7-11(8-6-10)13-4-3-9-15-16-13/h2-9H,1H3/b12-2-. The van der Waals surface area contributed by atoms with Gasteiger partial charge < -0.3 is 0 Å². The summed E-state index contributed by atoms with van der Waals surface area (Å²) in [5.74, 6) is -0.217. The van der Waals surface area contributed by atoms with E-state index in [1.807, 2.05) is 24.3 Å². The highest BCUT2D eigenvalue weighted by Gasteiger charge is 2.01. The van der Waals surface area contributed by atoms with E-state index in [-0.39, 0.29) is 5.83 Å². The van der Waals surface area contributed by atoms with E-state index in [1.54, 1.807) is 25.3 Å². The molecule has 0 radical (unpaired) electrons. The lowest BCUT2D eigenvalue weighted by Gasteiger charge is -2.01. The molecule has 0 aliphatic carbocycles. The van der Waals surface area contributed by atoms with Crippen molar-refractivity contribution in [3.05, 3.63) is 54.2 Å². The number of hydrogen-bond acceptors (Lipinski definition) is 2. The van der Waals surface area contributed by atoms with Gasteiger partial charge in [0.25, 0.3) is 0 Å². The molecule has 16 heavy (non-hydrogen) atoms. The van der Waals surface area contributed by atoms with Crippen molar-refractivity contribution >= 4 is 5.83 Å². The minimum atomic E-state index is -0.217. The third-order valence-electron chi connectivity index (χ3n) is 2.28. The molecule has 2 nitrogen and oxygen atoms in total. The van der Waals surface area contributed by atoms with Gasteiger partial charge in [0.2, 0.25) is 0 Å². The summed E-state index contributed by atoms with van der Waals surface area (Å²) < 4.78 is 13.2. The minimum absolute atomic E-state index is 0.217. The largest absolute Gasteiger partial charge is 0.207 e. The Morgan fingerprint density at radius 1 is 1.19 bits per heavy atom. The van der Waals surface area contributed by atoms with Gasteiger partial charge in [0.1, 0.15) is 5.83 Å². The van der Waals surface area contributed by atoms with Crippen LogP contribution in [0.2, 0.25) is 0 Å². The Hall–Kier alpha value is -2.03. The van der Waals surface area contributed by atoms with E-state index < -0.39 is 0 Å². The van der Waals surface area contributed by atoms with Crippen LogP contribution in [0.3, 0.4) is 0 Å². The van der Waals surface area contributed by atoms with Gasteiger partial charge >= 0.3 is 0 Å². The van der Waals surface area contributed by atoms with E-state index in [0.29, 0.717) is 5.56 Å². The molecule has 0 saturated carbocycles. The molecule has 0 amide bonds. The Labute approximate surface area is 93.5 Å². The average molecular weight is 214 g/mol. The molecule has 0 bridgehead atoms. The first-order valence-corrected chi connectivity index (χ1v) is 5.01. The molecule has 0 fully saturated rings. The highest BCUT2D eigenvalue weighted by molar-refractivity contribution is 5.65. The smallest absolute Gasteiger partial charge is 0.126 e. The summed E-state index contributed by atoms with van der Waals surface area (Å²) in [4.78, 5) is 0.